The first-order valence-electron chi connectivity index (χ1n) is 6.27. The zero-order valence-corrected chi connectivity index (χ0v) is 10.5. The van der Waals surface area contributed by atoms with E-state index in [9.17, 15) is 0 Å². The van der Waals surface area contributed by atoms with Gasteiger partial charge in [0.1, 0.15) is 6.33 Å². The smallest absolute Gasteiger partial charge is 0.115 e. The lowest BCUT2D eigenvalue weighted by atomic mass is 9.91. The van der Waals surface area contributed by atoms with E-state index in [0.29, 0.717) is 12.0 Å². The Labute approximate surface area is 97.7 Å². The van der Waals surface area contributed by atoms with Crippen LogP contribution in [0.15, 0.2) is 6.33 Å². The number of rotatable bonds is 4. The quantitative estimate of drug-likeness (QED) is 0.842. The summed E-state index contributed by atoms with van der Waals surface area (Å²) in [6, 6.07) is 0.476. The van der Waals surface area contributed by atoms with Crippen molar-refractivity contribution in [3.8, 4) is 0 Å². The van der Waals surface area contributed by atoms with Gasteiger partial charge >= 0.3 is 0 Å². The van der Waals surface area contributed by atoms with Crippen LogP contribution in [0.5, 0.6) is 0 Å². The maximum atomic E-state index is 4.54. The minimum absolute atomic E-state index is 0.476. The Morgan fingerprint density at radius 2 is 2.19 bits per heavy atom. The van der Waals surface area contributed by atoms with Crippen LogP contribution in [0, 0.1) is 0 Å². The largest absolute Gasteiger partial charge is 0.317 e. The second-order valence-electron chi connectivity index (χ2n) is 4.63. The van der Waals surface area contributed by atoms with Gasteiger partial charge in [0.2, 0.25) is 0 Å². The molecular weight excluding hydrogens is 198 g/mol. The molecule has 1 aliphatic carbocycles. The Balaban J connectivity index is 2.35. The van der Waals surface area contributed by atoms with Crippen LogP contribution in [0.25, 0.3) is 0 Å². The molecule has 0 saturated heterocycles. The van der Waals surface area contributed by atoms with Crippen LogP contribution in [0.3, 0.4) is 0 Å². The van der Waals surface area contributed by atoms with E-state index < -0.39 is 0 Å². The first kappa shape index (κ1) is 11.5. The molecule has 0 spiro atoms. The third-order valence-corrected chi connectivity index (χ3v) is 3.76. The molecule has 0 saturated carbocycles. The molecule has 16 heavy (non-hydrogen) atoms. The molecule has 0 radical (unpaired) electrons. The molecule has 0 aliphatic heterocycles. The molecule has 3 nitrogen and oxygen atoms in total. The van der Waals surface area contributed by atoms with Crippen molar-refractivity contribution in [2.75, 3.05) is 7.05 Å². The molecule has 1 aliphatic rings. The average molecular weight is 219 g/mol. The molecule has 0 aromatic carbocycles. The molecule has 1 heterocycles. The topological polar surface area (TPSA) is 37.8 Å². The molecule has 88 valence electrons. The second kappa shape index (κ2) is 4.91. The summed E-state index contributed by atoms with van der Waals surface area (Å²) < 4.78 is 0. The second-order valence-corrected chi connectivity index (χ2v) is 4.63. The van der Waals surface area contributed by atoms with Crippen molar-refractivity contribution in [1.29, 1.82) is 0 Å². The zero-order valence-electron chi connectivity index (χ0n) is 10.5. The van der Waals surface area contributed by atoms with Gasteiger partial charge in [0.25, 0.3) is 0 Å². The van der Waals surface area contributed by atoms with E-state index in [0.717, 1.165) is 12.8 Å². The number of hydrogen-bond donors (Lipinski definition) is 1. The maximum Gasteiger partial charge on any atom is 0.115 e. The van der Waals surface area contributed by atoms with Crippen molar-refractivity contribution in [1.82, 2.24) is 15.3 Å². The van der Waals surface area contributed by atoms with E-state index in [1.54, 1.807) is 6.33 Å². The van der Waals surface area contributed by atoms with Crippen LogP contribution in [0.2, 0.25) is 0 Å². The van der Waals surface area contributed by atoms with E-state index in [-0.39, 0.29) is 0 Å². The third kappa shape index (κ3) is 1.96. The van der Waals surface area contributed by atoms with Gasteiger partial charge in [-0.25, -0.2) is 9.97 Å². The van der Waals surface area contributed by atoms with E-state index in [2.05, 4.69) is 29.1 Å². The first-order valence-corrected chi connectivity index (χ1v) is 6.27. The van der Waals surface area contributed by atoms with Crippen LogP contribution in [-0.2, 0) is 12.8 Å². The Hall–Kier alpha value is -0.960. The fourth-order valence-electron chi connectivity index (χ4n) is 2.69. The number of nitrogens with zero attached hydrogens (tertiary/aromatic N) is 2. The van der Waals surface area contributed by atoms with Crippen LogP contribution < -0.4 is 5.32 Å². The monoisotopic (exact) mass is 219 g/mol. The molecule has 0 bridgehead atoms. The number of aromatic nitrogens is 2. The molecule has 0 amide bonds. The summed E-state index contributed by atoms with van der Waals surface area (Å²) in [6.45, 7) is 4.47. The van der Waals surface area contributed by atoms with Gasteiger partial charge < -0.3 is 5.32 Å². The molecule has 1 N–H and O–H groups in total. The predicted octanol–water partition coefficient (Wildman–Crippen LogP) is 2.07. The Kier molecular flexibility index (Phi) is 3.54. The van der Waals surface area contributed by atoms with E-state index in [1.807, 2.05) is 7.05 Å². The highest BCUT2D eigenvalue weighted by Crippen LogP contribution is 2.30. The summed E-state index contributed by atoms with van der Waals surface area (Å²) in [6.07, 6.45) is 6.41. The van der Waals surface area contributed by atoms with Gasteiger partial charge in [0.15, 0.2) is 0 Å². The van der Waals surface area contributed by atoms with Crippen molar-refractivity contribution in [2.24, 2.45) is 0 Å². The number of likely N-dealkylation sites (N-methyl/N-ethyl adjacent to an activating group) is 1. The highest BCUT2D eigenvalue weighted by molar-refractivity contribution is 5.31. The SMILES string of the molecule is CCC(c1ncnc2c1CCC2)C(C)NC. The van der Waals surface area contributed by atoms with Crippen molar-refractivity contribution < 1.29 is 0 Å². The van der Waals surface area contributed by atoms with Gasteiger partial charge in [-0.15, -0.1) is 0 Å². The van der Waals surface area contributed by atoms with Crippen molar-refractivity contribution in [3.63, 3.8) is 0 Å². The van der Waals surface area contributed by atoms with E-state index >= 15 is 0 Å². The van der Waals surface area contributed by atoms with Gasteiger partial charge in [-0.2, -0.15) is 0 Å². The zero-order chi connectivity index (χ0) is 11.5. The summed E-state index contributed by atoms with van der Waals surface area (Å²) in [5.41, 5.74) is 4.00. The van der Waals surface area contributed by atoms with Gasteiger partial charge in [-0.05, 0) is 45.2 Å². The van der Waals surface area contributed by atoms with Gasteiger partial charge in [-0.1, -0.05) is 6.92 Å². The normalized spacial score (nSPS) is 18.2. The van der Waals surface area contributed by atoms with Crippen molar-refractivity contribution >= 4 is 0 Å². The van der Waals surface area contributed by atoms with E-state index in [4.69, 9.17) is 0 Å². The van der Waals surface area contributed by atoms with Gasteiger partial charge in [-0.3, -0.25) is 0 Å². The van der Waals surface area contributed by atoms with Crippen molar-refractivity contribution in [2.45, 2.75) is 51.5 Å². The van der Waals surface area contributed by atoms with Crippen molar-refractivity contribution in [3.05, 3.63) is 23.3 Å². The molecule has 2 unspecified atom stereocenters. The number of fused-ring (bicyclic) bond motifs is 1. The van der Waals surface area contributed by atoms with Gasteiger partial charge in [0.05, 0.1) is 5.69 Å². The van der Waals surface area contributed by atoms with Crippen LogP contribution >= 0.6 is 0 Å². The highest BCUT2D eigenvalue weighted by atomic mass is 14.9. The summed E-state index contributed by atoms with van der Waals surface area (Å²) in [5, 5.41) is 3.35. The Morgan fingerprint density at radius 1 is 1.38 bits per heavy atom. The van der Waals surface area contributed by atoms with Crippen LogP contribution in [0.4, 0.5) is 0 Å². The lowest BCUT2D eigenvalue weighted by molar-refractivity contribution is 0.470. The number of hydrogen-bond acceptors (Lipinski definition) is 3. The molecule has 1 aromatic heterocycles. The lowest BCUT2D eigenvalue weighted by Crippen LogP contribution is -2.30. The van der Waals surface area contributed by atoms with Crippen LogP contribution in [-0.4, -0.2) is 23.1 Å². The summed E-state index contributed by atoms with van der Waals surface area (Å²) in [4.78, 5) is 8.93. The maximum absolute atomic E-state index is 4.54. The number of nitrogens with one attached hydrogen (secondary N) is 1. The Bertz CT molecular complexity index is 362. The van der Waals surface area contributed by atoms with Gasteiger partial charge in [0, 0.05) is 17.7 Å². The average Bonchev–Trinajstić information content (AvgIpc) is 2.78. The minimum atomic E-state index is 0.476. The Morgan fingerprint density at radius 3 is 2.88 bits per heavy atom. The summed E-state index contributed by atoms with van der Waals surface area (Å²) in [5.74, 6) is 0.514. The summed E-state index contributed by atoms with van der Waals surface area (Å²) in [7, 11) is 2.02. The van der Waals surface area contributed by atoms with Crippen LogP contribution in [0.1, 0.15) is 49.6 Å². The molecule has 2 rings (SSSR count). The molecule has 1 aromatic rings. The fourth-order valence-corrected chi connectivity index (χ4v) is 2.69. The summed E-state index contributed by atoms with van der Waals surface area (Å²) >= 11 is 0. The van der Waals surface area contributed by atoms with E-state index in [1.165, 1.54) is 29.8 Å². The first-order chi connectivity index (χ1) is 7.77. The predicted molar refractivity (Wildman–Crippen MR) is 65.6 cm³/mol. The molecule has 0 fully saturated rings. The number of aryl methyl sites for hydroxylation is 1. The fraction of sp³-hybridized carbons (Fsp3) is 0.692. The minimum Gasteiger partial charge on any atom is -0.317 e. The molecular formula is C13H21N3. The lowest BCUT2D eigenvalue weighted by Gasteiger charge is -2.23. The third-order valence-electron chi connectivity index (χ3n) is 3.76. The molecule has 3 heteroatoms. The highest BCUT2D eigenvalue weighted by Gasteiger charge is 2.24. The standard InChI is InChI=1S/C13H21N3/c1-4-10(9(2)14-3)13-11-6-5-7-12(11)15-8-16-13/h8-10,14H,4-7H2,1-3H3. The molecule has 2 atom stereocenters.